The van der Waals surface area contributed by atoms with Gasteiger partial charge >= 0.3 is 0 Å². The van der Waals surface area contributed by atoms with Gasteiger partial charge in [-0.3, -0.25) is 0 Å². The van der Waals surface area contributed by atoms with Gasteiger partial charge in [0.2, 0.25) is 5.89 Å². The fourth-order valence-electron chi connectivity index (χ4n) is 1.84. The van der Waals surface area contributed by atoms with E-state index in [9.17, 15) is 5.11 Å². The van der Waals surface area contributed by atoms with Crippen molar-refractivity contribution in [1.29, 1.82) is 0 Å². The molecule has 2 heterocycles. The van der Waals surface area contributed by atoms with Crippen molar-refractivity contribution in [2.75, 3.05) is 0 Å². The van der Waals surface area contributed by atoms with Crippen molar-refractivity contribution >= 4 is 11.6 Å². The van der Waals surface area contributed by atoms with Gasteiger partial charge < -0.3 is 9.52 Å². The lowest BCUT2D eigenvalue weighted by Crippen LogP contribution is -1.85. The Labute approximate surface area is 120 Å². The van der Waals surface area contributed by atoms with E-state index < -0.39 is 0 Å². The zero-order valence-corrected chi connectivity index (χ0v) is 11.4. The van der Waals surface area contributed by atoms with Gasteiger partial charge in [-0.1, -0.05) is 11.6 Å². The molecule has 0 aliphatic carbocycles. The van der Waals surface area contributed by atoms with Crippen LogP contribution in [0, 0.1) is 6.92 Å². The number of hydrogen-bond donors (Lipinski definition) is 1. The smallest absolute Gasteiger partial charge is 0.229 e. The van der Waals surface area contributed by atoms with Crippen molar-refractivity contribution in [3.05, 3.63) is 53.4 Å². The van der Waals surface area contributed by atoms with Crippen LogP contribution < -0.4 is 0 Å². The summed E-state index contributed by atoms with van der Waals surface area (Å²) in [5.41, 5.74) is 2.32. The Hall–Kier alpha value is -2.33. The minimum Gasteiger partial charge on any atom is -0.508 e. The number of phenols is 1. The summed E-state index contributed by atoms with van der Waals surface area (Å²) in [5.74, 6) is 1.24. The second kappa shape index (κ2) is 4.98. The average Bonchev–Trinajstić information content (AvgIpc) is 2.89. The number of oxazole rings is 1. The number of phenolic OH excluding ortho intramolecular Hbond substituents is 1. The van der Waals surface area contributed by atoms with E-state index in [1.807, 2.05) is 19.1 Å². The molecule has 0 amide bonds. The summed E-state index contributed by atoms with van der Waals surface area (Å²) >= 11 is 6.10. The zero-order valence-electron chi connectivity index (χ0n) is 10.7. The maximum absolute atomic E-state index is 9.28. The molecule has 20 heavy (non-hydrogen) atoms. The van der Waals surface area contributed by atoms with Gasteiger partial charge in [0.1, 0.15) is 10.9 Å². The number of halogens is 1. The Morgan fingerprint density at radius 2 is 1.85 bits per heavy atom. The zero-order chi connectivity index (χ0) is 14.1. The third-order valence-electron chi connectivity index (χ3n) is 2.88. The molecule has 0 unspecified atom stereocenters. The number of pyridine rings is 1. The van der Waals surface area contributed by atoms with E-state index in [1.54, 1.807) is 30.5 Å². The fourth-order valence-corrected chi connectivity index (χ4v) is 2.12. The second-order valence-electron chi connectivity index (χ2n) is 4.37. The van der Waals surface area contributed by atoms with Crippen LogP contribution in [0.5, 0.6) is 5.75 Å². The van der Waals surface area contributed by atoms with E-state index in [1.165, 1.54) is 0 Å². The van der Waals surface area contributed by atoms with Crippen LogP contribution in [0.3, 0.4) is 0 Å². The number of hydrogen-bond acceptors (Lipinski definition) is 4. The summed E-state index contributed by atoms with van der Waals surface area (Å²) in [4.78, 5) is 8.40. The molecule has 0 atom stereocenters. The number of aromatic nitrogens is 2. The molecule has 1 aromatic carbocycles. The molecule has 3 rings (SSSR count). The third kappa shape index (κ3) is 2.38. The Morgan fingerprint density at radius 1 is 1.10 bits per heavy atom. The van der Waals surface area contributed by atoms with E-state index in [0.29, 0.717) is 22.4 Å². The van der Waals surface area contributed by atoms with Crippen LogP contribution in [0.1, 0.15) is 5.69 Å². The molecule has 0 aliphatic heterocycles. The lowest BCUT2D eigenvalue weighted by molar-refractivity contribution is 0.475. The Balaban J connectivity index is 1.99. The van der Waals surface area contributed by atoms with Crippen LogP contribution in [0.4, 0.5) is 0 Å². The molecule has 0 aliphatic rings. The van der Waals surface area contributed by atoms with Gasteiger partial charge in [0.25, 0.3) is 0 Å². The van der Waals surface area contributed by atoms with Crippen LogP contribution in [-0.4, -0.2) is 15.1 Å². The first-order valence-electron chi connectivity index (χ1n) is 6.02. The Bertz CT molecular complexity index is 751. The number of aromatic hydroxyl groups is 1. The van der Waals surface area contributed by atoms with Gasteiger partial charge in [0.05, 0.1) is 11.8 Å². The van der Waals surface area contributed by atoms with Crippen molar-refractivity contribution in [2.45, 2.75) is 6.92 Å². The van der Waals surface area contributed by atoms with Crippen LogP contribution >= 0.6 is 11.6 Å². The van der Waals surface area contributed by atoms with E-state index in [-0.39, 0.29) is 5.75 Å². The van der Waals surface area contributed by atoms with Crippen molar-refractivity contribution in [3.8, 4) is 28.5 Å². The molecule has 0 fully saturated rings. The minimum atomic E-state index is 0.208. The molecule has 0 bridgehead atoms. The van der Waals surface area contributed by atoms with Crippen LogP contribution in [-0.2, 0) is 0 Å². The molecule has 2 aromatic heterocycles. The van der Waals surface area contributed by atoms with Crippen molar-refractivity contribution in [2.24, 2.45) is 0 Å². The standard InChI is InChI=1S/C15H11ClN2O2/c1-9-2-7-12(14(16)18-9)15-17-8-13(20-15)10-3-5-11(19)6-4-10/h2-8,19H,1H3. The highest BCUT2D eigenvalue weighted by atomic mass is 35.5. The SMILES string of the molecule is Cc1ccc(-c2ncc(-c3ccc(O)cc3)o2)c(Cl)n1. The molecule has 100 valence electrons. The first kappa shape index (κ1) is 12.7. The quantitative estimate of drug-likeness (QED) is 0.721. The van der Waals surface area contributed by atoms with Gasteiger partial charge in [0, 0.05) is 11.3 Å². The van der Waals surface area contributed by atoms with Gasteiger partial charge in [-0.05, 0) is 43.3 Å². The molecular formula is C15H11ClN2O2. The number of aryl methyl sites for hydroxylation is 1. The Kier molecular flexibility index (Phi) is 3.16. The first-order valence-corrected chi connectivity index (χ1v) is 6.40. The maximum Gasteiger partial charge on any atom is 0.229 e. The van der Waals surface area contributed by atoms with Crippen molar-refractivity contribution < 1.29 is 9.52 Å². The van der Waals surface area contributed by atoms with E-state index in [4.69, 9.17) is 16.0 Å². The van der Waals surface area contributed by atoms with Crippen molar-refractivity contribution in [1.82, 2.24) is 9.97 Å². The maximum atomic E-state index is 9.28. The number of rotatable bonds is 2. The highest BCUT2D eigenvalue weighted by Crippen LogP contribution is 2.30. The lowest BCUT2D eigenvalue weighted by atomic mass is 10.2. The predicted molar refractivity (Wildman–Crippen MR) is 76.6 cm³/mol. The molecule has 0 radical (unpaired) electrons. The number of benzene rings is 1. The molecular weight excluding hydrogens is 276 g/mol. The predicted octanol–water partition coefficient (Wildman–Crippen LogP) is 4.07. The van der Waals surface area contributed by atoms with Crippen molar-refractivity contribution in [3.63, 3.8) is 0 Å². The molecule has 0 spiro atoms. The molecule has 1 N–H and O–H groups in total. The van der Waals surface area contributed by atoms with Crippen LogP contribution in [0.25, 0.3) is 22.8 Å². The topological polar surface area (TPSA) is 59.2 Å². The first-order chi connectivity index (χ1) is 9.63. The summed E-state index contributed by atoms with van der Waals surface area (Å²) in [6.07, 6.45) is 1.62. The summed E-state index contributed by atoms with van der Waals surface area (Å²) in [7, 11) is 0. The van der Waals surface area contributed by atoms with E-state index >= 15 is 0 Å². The third-order valence-corrected chi connectivity index (χ3v) is 3.16. The summed E-state index contributed by atoms with van der Waals surface area (Å²) in [6, 6.07) is 10.4. The average molecular weight is 287 g/mol. The van der Waals surface area contributed by atoms with Gasteiger partial charge in [-0.2, -0.15) is 0 Å². The van der Waals surface area contributed by atoms with E-state index in [0.717, 1.165) is 11.3 Å². The highest BCUT2D eigenvalue weighted by molar-refractivity contribution is 6.31. The molecule has 4 nitrogen and oxygen atoms in total. The molecule has 3 aromatic rings. The van der Waals surface area contributed by atoms with Gasteiger partial charge in [0.15, 0.2) is 5.76 Å². The van der Waals surface area contributed by atoms with Crippen LogP contribution in [0.15, 0.2) is 47.0 Å². The minimum absolute atomic E-state index is 0.208. The normalized spacial score (nSPS) is 10.7. The van der Waals surface area contributed by atoms with Crippen LogP contribution in [0.2, 0.25) is 5.15 Å². The fraction of sp³-hybridized carbons (Fsp3) is 0.0667. The molecule has 5 heteroatoms. The molecule has 0 saturated carbocycles. The Morgan fingerprint density at radius 3 is 2.55 bits per heavy atom. The summed E-state index contributed by atoms with van der Waals surface area (Å²) in [5, 5.41) is 9.64. The monoisotopic (exact) mass is 286 g/mol. The second-order valence-corrected chi connectivity index (χ2v) is 4.73. The van der Waals surface area contributed by atoms with Gasteiger partial charge in [-0.15, -0.1) is 0 Å². The molecule has 0 saturated heterocycles. The van der Waals surface area contributed by atoms with E-state index in [2.05, 4.69) is 9.97 Å². The van der Waals surface area contributed by atoms with Gasteiger partial charge in [-0.25, -0.2) is 9.97 Å². The lowest BCUT2D eigenvalue weighted by Gasteiger charge is -2.00. The summed E-state index contributed by atoms with van der Waals surface area (Å²) in [6.45, 7) is 1.87. The largest absolute Gasteiger partial charge is 0.508 e. The summed E-state index contributed by atoms with van der Waals surface area (Å²) < 4.78 is 5.70. The number of nitrogens with zero attached hydrogens (tertiary/aromatic N) is 2. The highest BCUT2D eigenvalue weighted by Gasteiger charge is 2.12.